The maximum Gasteiger partial charge on any atom is 0.323 e. The van der Waals surface area contributed by atoms with Gasteiger partial charge < -0.3 is 5.11 Å². The lowest BCUT2D eigenvalue weighted by atomic mass is 9.97. The third-order valence-corrected chi connectivity index (χ3v) is 3.53. The van der Waals surface area contributed by atoms with Crippen LogP contribution in [0.4, 0.5) is 4.39 Å². The first-order chi connectivity index (χ1) is 8.78. The van der Waals surface area contributed by atoms with Crippen LogP contribution < -0.4 is 0 Å². The van der Waals surface area contributed by atoms with Crippen LogP contribution in [-0.2, 0) is 11.2 Å². The number of aliphatic carboxylic acids is 1. The van der Waals surface area contributed by atoms with E-state index in [1.165, 1.54) is 12.1 Å². The number of hydrogen-bond acceptors (Lipinski definition) is 2. The number of halogens is 1. The molecule has 0 spiro atoms. The van der Waals surface area contributed by atoms with E-state index < -0.39 is 11.5 Å². The molecule has 1 aromatic rings. The fourth-order valence-electron chi connectivity index (χ4n) is 2.50. The molecule has 1 rings (SSSR count). The zero-order valence-corrected chi connectivity index (χ0v) is 12.0. The first-order valence-electron chi connectivity index (χ1n) is 6.53. The van der Waals surface area contributed by atoms with E-state index >= 15 is 0 Å². The summed E-state index contributed by atoms with van der Waals surface area (Å²) in [6.45, 7) is 7.93. The van der Waals surface area contributed by atoms with Crippen LogP contribution in [0, 0.1) is 5.82 Å². The third-order valence-electron chi connectivity index (χ3n) is 3.53. The number of likely N-dealkylation sites (N-methyl/N-ethyl adjacent to an activating group) is 1. The van der Waals surface area contributed by atoms with Crippen molar-refractivity contribution in [1.29, 1.82) is 0 Å². The molecule has 19 heavy (non-hydrogen) atoms. The molecule has 0 amide bonds. The summed E-state index contributed by atoms with van der Waals surface area (Å²) >= 11 is 0. The van der Waals surface area contributed by atoms with Crippen molar-refractivity contribution in [3.05, 3.63) is 35.6 Å². The third kappa shape index (κ3) is 3.77. The molecule has 4 heteroatoms. The predicted octanol–water partition coefficient (Wildman–Crippen LogP) is 2.94. The summed E-state index contributed by atoms with van der Waals surface area (Å²) in [7, 11) is 0. The molecule has 0 heterocycles. The van der Waals surface area contributed by atoms with Gasteiger partial charge in [-0.1, -0.05) is 19.1 Å². The zero-order chi connectivity index (χ0) is 14.6. The van der Waals surface area contributed by atoms with Crippen LogP contribution >= 0.6 is 0 Å². The minimum Gasteiger partial charge on any atom is -0.480 e. The van der Waals surface area contributed by atoms with Gasteiger partial charge in [0, 0.05) is 6.04 Å². The summed E-state index contributed by atoms with van der Waals surface area (Å²) in [6, 6.07) is 6.47. The lowest BCUT2D eigenvalue weighted by molar-refractivity contribution is -0.150. The van der Waals surface area contributed by atoms with E-state index in [9.17, 15) is 14.3 Å². The summed E-state index contributed by atoms with van der Waals surface area (Å²) in [5.74, 6) is -1.11. The van der Waals surface area contributed by atoms with Gasteiger partial charge >= 0.3 is 5.97 Å². The summed E-state index contributed by atoms with van der Waals surface area (Å²) in [5, 5.41) is 9.30. The second-order valence-corrected chi connectivity index (χ2v) is 5.33. The smallest absolute Gasteiger partial charge is 0.323 e. The fourth-order valence-corrected chi connectivity index (χ4v) is 2.50. The van der Waals surface area contributed by atoms with Gasteiger partial charge in [-0.3, -0.25) is 9.69 Å². The van der Waals surface area contributed by atoms with E-state index in [1.54, 1.807) is 19.9 Å². The number of nitrogens with zero attached hydrogens (tertiary/aromatic N) is 1. The van der Waals surface area contributed by atoms with Gasteiger partial charge in [-0.25, -0.2) is 4.39 Å². The maximum atomic E-state index is 13.2. The van der Waals surface area contributed by atoms with Crippen molar-refractivity contribution in [3.63, 3.8) is 0 Å². The molecule has 0 aliphatic rings. The molecule has 0 radical (unpaired) electrons. The van der Waals surface area contributed by atoms with Crippen LogP contribution in [0.15, 0.2) is 24.3 Å². The SMILES string of the molecule is CCN(C(C)Cc1cccc(F)c1)C(C)(C)C(=O)O. The normalized spacial score (nSPS) is 13.6. The average molecular weight is 267 g/mol. The number of rotatable bonds is 6. The van der Waals surface area contributed by atoms with Gasteiger partial charge in [0.25, 0.3) is 0 Å². The number of carboxylic acid groups (broad SMARTS) is 1. The molecular weight excluding hydrogens is 245 g/mol. The van der Waals surface area contributed by atoms with Crippen LogP contribution in [0.3, 0.4) is 0 Å². The largest absolute Gasteiger partial charge is 0.480 e. The first-order valence-corrected chi connectivity index (χ1v) is 6.53. The Morgan fingerprint density at radius 3 is 2.58 bits per heavy atom. The second-order valence-electron chi connectivity index (χ2n) is 5.33. The molecule has 3 nitrogen and oxygen atoms in total. The lowest BCUT2D eigenvalue weighted by Crippen LogP contribution is -2.54. The highest BCUT2D eigenvalue weighted by Gasteiger charge is 2.36. The van der Waals surface area contributed by atoms with E-state index in [4.69, 9.17) is 0 Å². The van der Waals surface area contributed by atoms with E-state index in [1.807, 2.05) is 24.8 Å². The Balaban J connectivity index is 2.85. The minimum atomic E-state index is -0.929. The molecule has 106 valence electrons. The Labute approximate surface area is 114 Å². The Bertz CT molecular complexity index is 446. The number of carbonyl (C=O) groups is 1. The zero-order valence-electron chi connectivity index (χ0n) is 12.0. The fraction of sp³-hybridized carbons (Fsp3) is 0.533. The molecular formula is C15H22FNO2. The Morgan fingerprint density at radius 2 is 2.11 bits per heavy atom. The van der Waals surface area contributed by atoms with Crippen molar-refractivity contribution in [1.82, 2.24) is 4.90 Å². The molecule has 0 saturated carbocycles. The quantitative estimate of drug-likeness (QED) is 0.861. The maximum absolute atomic E-state index is 13.2. The molecule has 0 aromatic heterocycles. The first kappa shape index (κ1) is 15.6. The van der Waals surface area contributed by atoms with Gasteiger partial charge in [0.1, 0.15) is 11.4 Å². The molecule has 0 bridgehead atoms. The van der Waals surface area contributed by atoms with E-state index in [-0.39, 0.29) is 11.9 Å². The summed E-state index contributed by atoms with van der Waals surface area (Å²) in [4.78, 5) is 13.2. The molecule has 1 aromatic carbocycles. The second kappa shape index (κ2) is 6.15. The van der Waals surface area contributed by atoms with Crippen molar-refractivity contribution in [2.75, 3.05) is 6.54 Å². The van der Waals surface area contributed by atoms with E-state index in [0.29, 0.717) is 13.0 Å². The Hall–Kier alpha value is -1.42. The molecule has 0 fully saturated rings. The van der Waals surface area contributed by atoms with E-state index in [2.05, 4.69) is 0 Å². The molecule has 1 unspecified atom stereocenters. The van der Waals surface area contributed by atoms with E-state index in [0.717, 1.165) is 5.56 Å². The van der Waals surface area contributed by atoms with Crippen molar-refractivity contribution in [2.24, 2.45) is 0 Å². The summed E-state index contributed by atoms with van der Waals surface area (Å²) in [5.41, 5.74) is -0.0475. The van der Waals surface area contributed by atoms with Crippen molar-refractivity contribution in [2.45, 2.75) is 45.7 Å². The van der Waals surface area contributed by atoms with Gasteiger partial charge in [0.15, 0.2) is 0 Å². The summed E-state index contributed by atoms with van der Waals surface area (Å²) < 4.78 is 13.2. The van der Waals surface area contributed by atoms with Gasteiger partial charge in [-0.05, 0) is 51.4 Å². The molecule has 1 atom stereocenters. The monoisotopic (exact) mass is 267 g/mol. The Morgan fingerprint density at radius 1 is 1.47 bits per heavy atom. The van der Waals surface area contributed by atoms with Crippen LogP contribution in [0.25, 0.3) is 0 Å². The van der Waals surface area contributed by atoms with Crippen LogP contribution in [-0.4, -0.2) is 34.1 Å². The van der Waals surface area contributed by atoms with Gasteiger partial charge in [0.2, 0.25) is 0 Å². The highest BCUT2D eigenvalue weighted by Crippen LogP contribution is 2.20. The highest BCUT2D eigenvalue weighted by molar-refractivity contribution is 5.77. The van der Waals surface area contributed by atoms with Crippen LogP contribution in [0.1, 0.15) is 33.3 Å². The number of hydrogen-bond donors (Lipinski definition) is 1. The van der Waals surface area contributed by atoms with Crippen molar-refractivity contribution in [3.8, 4) is 0 Å². The Kier molecular flexibility index (Phi) is 5.06. The lowest BCUT2D eigenvalue weighted by Gasteiger charge is -2.39. The van der Waals surface area contributed by atoms with Gasteiger partial charge in [-0.15, -0.1) is 0 Å². The molecule has 0 saturated heterocycles. The minimum absolute atomic E-state index is 0.0258. The number of benzene rings is 1. The van der Waals surface area contributed by atoms with Crippen LogP contribution in [0.2, 0.25) is 0 Å². The van der Waals surface area contributed by atoms with Gasteiger partial charge in [-0.2, -0.15) is 0 Å². The topological polar surface area (TPSA) is 40.5 Å². The molecule has 0 aliphatic carbocycles. The highest BCUT2D eigenvalue weighted by atomic mass is 19.1. The summed E-state index contributed by atoms with van der Waals surface area (Å²) in [6.07, 6.45) is 0.627. The standard InChI is InChI=1S/C15H22FNO2/c1-5-17(15(3,4)14(18)19)11(2)9-12-7-6-8-13(16)10-12/h6-8,10-11H,5,9H2,1-4H3,(H,18,19). The van der Waals surface area contributed by atoms with Crippen molar-refractivity contribution >= 4 is 5.97 Å². The van der Waals surface area contributed by atoms with Crippen LogP contribution in [0.5, 0.6) is 0 Å². The average Bonchev–Trinajstić information content (AvgIpc) is 2.29. The predicted molar refractivity (Wildman–Crippen MR) is 73.7 cm³/mol. The molecule has 0 aliphatic heterocycles. The number of carboxylic acids is 1. The van der Waals surface area contributed by atoms with Gasteiger partial charge in [0.05, 0.1) is 0 Å². The van der Waals surface area contributed by atoms with Crippen molar-refractivity contribution < 1.29 is 14.3 Å². The molecule has 1 N–H and O–H groups in total.